The molecule has 3 heteroatoms. The van der Waals surface area contributed by atoms with Crippen molar-refractivity contribution in [2.75, 3.05) is 0 Å². The highest BCUT2D eigenvalue weighted by atomic mass is 15.0. The van der Waals surface area contributed by atoms with Crippen molar-refractivity contribution in [3.8, 4) is 11.4 Å². The average molecular weight is 791 g/mol. The first kappa shape index (κ1) is 37.0. The molecule has 8 aromatic carbocycles. The molecule has 4 heterocycles. The molecule has 2 aromatic heterocycles. The maximum absolute atomic E-state index is 2.72. The van der Waals surface area contributed by atoms with Crippen LogP contribution in [0.5, 0.6) is 0 Å². The van der Waals surface area contributed by atoms with Crippen molar-refractivity contribution in [2.24, 2.45) is 0 Å². The van der Waals surface area contributed by atoms with Gasteiger partial charge in [0, 0.05) is 43.7 Å². The molecule has 2 aliphatic heterocycles. The molecule has 0 amide bonds. The summed E-state index contributed by atoms with van der Waals surface area (Å²) in [5.41, 5.74) is 17.7. The van der Waals surface area contributed by atoms with Crippen molar-refractivity contribution in [1.29, 1.82) is 0 Å². The van der Waals surface area contributed by atoms with E-state index in [1.54, 1.807) is 0 Å². The number of benzene rings is 8. The lowest BCUT2D eigenvalue weighted by atomic mass is 9.33. The van der Waals surface area contributed by atoms with Gasteiger partial charge in [-0.2, -0.15) is 0 Å². The SMILES string of the molecule is CC(C)(C)c1ccc2c(c1)c1cc(C(C)(C)C)cc3c1n2-c1cc2c4ccccc4c4ccccc4c2c2c1B3c1cc(C(C)(C)C)cc3c4cc(C(C)(C)C)ccc4n-2c13. The highest BCUT2D eigenvalue weighted by molar-refractivity contribution is 7.00. The summed E-state index contributed by atoms with van der Waals surface area (Å²) >= 11 is 0. The van der Waals surface area contributed by atoms with Crippen LogP contribution < -0.4 is 16.4 Å². The number of aromatic nitrogens is 2. The van der Waals surface area contributed by atoms with E-state index < -0.39 is 0 Å². The number of nitrogens with zero attached hydrogens (tertiary/aromatic N) is 2. The van der Waals surface area contributed by atoms with E-state index in [-0.39, 0.29) is 28.4 Å². The van der Waals surface area contributed by atoms with Gasteiger partial charge in [0.2, 0.25) is 0 Å². The third-order valence-corrected chi connectivity index (χ3v) is 14.6. The van der Waals surface area contributed by atoms with Crippen LogP contribution in [0.15, 0.2) is 115 Å². The molecule has 2 aliphatic rings. The topological polar surface area (TPSA) is 9.86 Å². The van der Waals surface area contributed by atoms with Gasteiger partial charge in [-0.15, -0.1) is 0 Å². The fourth-order valence-corrected chi connectivity index (χ4v) is 11.3. The summed E-state index contributed by atoms with van der Waals surface area (Å²) in [5.74, 6) is 0. The van der Waals surface area contributed by atoms with E-state index >= 15 is 0 Å². The summed E-state index contributed by atoms with van der Waals surface area (Å²) in [6.07, 6.45) is 0. The third kappa shape index (κ3) is 4.87. The van der Waals surface area contributed by atoms with Crippen LogP contribution in [0.2, 0.25) is 0 Å². The van der Waals surface area contributed by atoms with Crippen molar-refractivity contribution < 1.29 is 0 Å². The number of hydrogen-bond acceptors (Lipinski definition) is 0. The van der Waals surface area contributed by atoms with Crippen molar-refractivity contribution in [1.82, 2.24) is 9.13 Å². The van der Waals surface area contributed by atoms with Crippen molar-refractivity contribution >= 4 is 99.0 Å². The number of fused-ring (bicyclic) bond motifs is 17. The molecule has 12 rings (SSSR count). The molecule has 0 spiro atoms. The third-order valence-electron chi connectivity index (χ3n) is 14.6. The molecule has 0 saturated heterocycles. The van der Waals surface area contributed by atoms with Crippen LogP contribution >= 0.6 is 0 Å². The van der Waals surface area contributed by atoms with Gasteiger partial charge in [-0.3, -0.25) is 0 Å². The van der Waals surface area contributed by atoms with Crippen LogP contribution in [0.25, 0.3) is 87.3 Å². The van der Waals surface area contributed by atoms with Gasteiger partial charge in [0.1, 0.15) is 0 Å². The standard InChI is InChI=1S/C58H55BN2/c1-55(2,3)32-21-23-47-40(25-32)43-27-34(57(7,8)9)29-45-52(43)60(47)49-31-42-38-19-14-13-17-36(38)37-18-15-16-20-39(37)50(42)54-51(49)59(45)46-30-35(58(10,11)12)28-44-41-26-33(56(4,5)6)22-24-48(41)61(54)53(44)46/h13-31H,1-12H3. The van der Waals surface area contributed by atoms with E-state index in [1.807, 2.05) is 0 Å². The van der Waals surface area contributed by atoms with E-state index in [2.05, 4.69) is 207 Å². The minimum Gasteiger partial charge on any atom is -0.310 e. The molecule has 10 aromatic rings. The van der Waals surface area contributed by atoms with E-state index in [1.165, 1.54) is 126 Å². The van der Waals surface area contributed by atoms with Crippen LogP contribution in [-0.4, -0.2) is 15.8 Å². The lowest BCUT2D eigenvalue weighted by Gasteiger charge is -2.36. The molecule has 0 fully saturated rings. The maximum atomic E-state index is 2.72. The normalized spacial score (nSPS) is 14.2. The van der Waals surface area contributed by atoms with Gasteiger partial charge >= 0.3 is 0 Å². The minimum absolute atomic E-state index is 0.0159. The molecule has 0 saturated carbocycles. The average Bonchev–Trinajstić information content (AvgIpc) is 3.72. The first-order valence-corrected chi connectivity index (χ1v) is 22.5. The zero-order valence-corrected chi connectivity index (χ0v) is 37.9. The van der Waals surface area contributed by atoms with Gasteiger partial charge in [-0.05, 0) is 130 Å². The molecular formula is C58H55BN2. The molecule has 0 unspecified atom stereocenters. The first-order valence-electron chi connectivity index (χ1n) is 22.5. The monoisotopic (exact) mass is 790 g/mol. The zero-order valence-electron chi connectivity index (χ0n) is 37.9. The van der Waals surface area contributed by atoms with Crippen LogP contribution in [0, 0.1) is 0 Å². The quantitative estimate of drug-likeness (QED) is 0.107. The van der Waals surface area contributed by atoms with Gasteiger partial charge in [0.15, 0.2) is 0 Å². The van der Waals surface area contributed by atoms with Crippen molar-refractivity contribution in [2.45, 2.75) is 105 Å². The lowest BCUT2D eigenvalue weighted by molar-refractivity contribution is 0.590. The summed E-state index contributed by atoms with van der Waals surface area (Å²) in [6.45, 7) is 28.4. The Bertz CT molecular complexity index is 3620. The fraction of sp³-hybridized carbons (Fsp3) is 0.276. The first-order chi connectivity index (χ1) is 28.8. The second-order valence-electron chi connectivity index (χ2n) is 22.7. The lowest BCUT2D eigenvalue weighted by Crippen LogP contribution is -2.59. The summed E-state index contributed by atoms with van der Waals surface area (Å²) < 4.78 is 5.40. The molecule has 0 radical (unpaired) electrons. The Morgan fingerprint density at radius 1 is 0.361 bits per heavy atom. The zero-order chi connectivity index (χ0) is 42.4. The Labute approximate surface area is 360 Å². The van der Waals surface area contributed by atoms with Crippen molar-refractivity contribution in [3.63, 3.8) is 0 Å². The molecule has 2 nitrogen and oxygen atoms in total. The molecule has 0 aliphatic carbocycles. The van der Waals surface area contributed by atoms with E-state index in [4.69, 9.17) is 0 Å². The Hall–Kier alpha value is -5.80. The summed E-state index contributed by atoms with van der Waals surface area (Å²) in [7, 11) is 0. The number of rotatable bonds is 0. The van der Waals surface area contributed by atoms with Crippen LogP contribution in [0.4, 0.5) is 0 Å². The second kappa shape index (κ2) is 11.6. The Morgan fingerprint density at radius 2 is 0.770 bits per heavy atom. The van der Waals surface area contributed by atoms with Crippen LogP contribution in [0.3, 0.4) is 0 Å². The van der Waals surface area contributed by atoms with Crippen molar-refractivity contribution in [3.05, 3.63) is 138 Å². The van der Waals surface area contributed by atoms with E-state index in [9.17, 15) is 0 Å². The molecule has 300 valence electrons. The van der Waals surface area contributed by atoms with E-state index in [0.717, 1.165) is 0 Å². The van der Waals surface area contributed by atoms with Crippen LogP contribution in [0.1, 0.15) is 105 Å². The highest BCUT2D eigenvalue weighted by Gasteiger charge is 2.43. The molecule has 0 bridgehead atoms. The predicted octanol–water partition coefficient (Wildman–Crippen LogP) is 13.7. The molecular weight excluding hydrogens is 735 g/mol. The maximum Gasteiger partial charge on any atom is 0.252 e. The van der Waals surface area contributed by atoms with Gasteiger partial charge < -0.3 is 9.13 Å². The van der Waals surface area contributed by atoms with Gasteiger partial charge in [0.05, 0.1) is 16.7 Å². The Morgan fingerprint density at radius 3 is 1.26 bits per heavy atom. The Kier molecular flexibility index (Phi) is 7.01. The summed E-state index contributed by atoms with van der Waals surface area (Å²) in [4.78, 5) is 0. The van der Waals surface area contributed by atoms with Gasteiger partial charge in [0.25, 0.3) is 6.71 Å². The van der Waals surface area contributed by atoms with Gasteiger partial charge in [-0.1, -0.05) is 156 Å². The number of hydrogen-bond donors (Lipinski definition) is 0. The van der Waals surface area contributed by atoms with Gasteiger partial charge in [-0.25, -0.2) is 0 Å². The minimum atomic E-state index is -0.0438. The predicted molar refractivity (Wildman–Crippen MR) is 267 cm³/mol. The summed E-state index contributed by atoms with van der Waals surface area (Å²) in [5, 5.41) is 13.3. The largest absolute Gasteiger partial charge is 0.310 e. The second-order valence-corrected chi connectivity index (χ2v) is 22.7. The molecule has 0 N–H and O–H groups in total. The molecule has 0 atom stereocenters. The Balaban J connectivity index is 1.40. The smallest absolute Gasteiger partial charge is 0.252 e. The summed E-state index contributed by atoms with van der Waals surface area (Å²) in [6, 6.07) is 45.9. The van der Waals surface area contributed by atoms with Crippen LogP contribution in [-0.2, 0) is 21.7 Å². The highest BCUT2D eigenvalue weighted by Crippen LogP contribution is 2.47. The fourth-order valence-electron chi connectivity index (χ4n) is 11.3. The van der Waals surface area contributed by atoms with E-state index in [0.29, 0.717) is 0 Å². The molecule has 61 heavy (non-hydrogen) atoms.